The molecule has 102 valence electrons. The van der Waals surface area contributed by atoms with Crippen molar-refractivity contribution in [3.63, 3.8) is 0 Å². The van der Waals surface area contributed by atoms with E-state index in [-0.39, 0.29) is 19.8 Å². The highest BCUT2D eigenvalue weighted by molar-refractivity contribution is 5.84. The first kappa shape index (κ1) is 13.2. The minimum atomic E-state index is -0.562. The molecule has 0 saturated heterocycles. The van der Waals surface area contributed by atoms with Gasteiger partial charge in [-0.2, -0.15) is 5.10 Å². The molecule has 2 heterocycles. The number of amides is 1. The highest BCUT2D eigenvalue weighted by Crippen LogP contribution is 2.22. The SMILES string of the molecule is CCOC(=O)Nc1cc(-c2ccco2)nn1CCO. The Kier molecular flexibility index (Phi) is 4.19. The van der Waals surface area contributed by atoms with E-state index >= 15 is 0 Å². The quantitative estimate of drug-likeness (QED) is 0.858. The van der Waals surface area contributed by atoms with Crippen LogP contribution >= 0.6 is 0 Å². The van der Waals surface area contributed by atoms with E-state index < -0.39 is 6.09 Å². The number of rotatable bonds is 5. The number of nitrogens with zero attached hydrogens (tertiary/aromatic N) is 2. The lowest BCUT2D eigenvalue weighted by Crippen LogP contribution is -2.17. The number of ether oxygens (including phenoxy) is 1. The van der Waals surface area contributed by atoms with E-state index in [1.54, 1.807) is 31.4 Å². The van der Waals surface area contributed by atoms with Crippen LogP contribution < -0.4 is 5.32 Å². The molecule has 0 aliphatic carbocycles. The third kappa shape index (κ3) is 3.14. The molecule has 0 fully saturated rings. The van der Waals surface area contributed by atoms with Crippen LogP contribution in [0.25, 0.3) is 11.5 Å². The molecule has 0 bridgehead atoms. The first-order valence-electron chi connectivity index (χ1n) is 5.91. The number of hydrogen-bond acceptors (Lipinski definition) is 5. The Hall–Kier alpha value is -2.28. The van der Waals surface area contributed by atoms with Gasteiger partial charge in [-0.1, -0.05) is 0 Å². The van der Waals surface area contributed by atoms with Crippen molar-refractivity contribution in [3.8, 4) is 11.5 Å². The van der Waals surface area contributed by atoms with Gasteiger partial charge in [0.2, 0.25) is 0 Å². The van der Waals surface area contributed by atoms with E-state index in [1.165, 1.54) is 4.68 Å². The number of hydrogen-bond donors (Lipinski definition) is 2. The van der Waals surface area contributed by atoms with Crippen molar-refractivity contribution >= 4 is 11.9 Å². The van der Waals surface area contributed by atoms with Gasteiger partial charge in [0.1, 0.15) is 11.5 Å². The Labute approximate surface area is 109 Å². The molecule has 2 aromatic rings. The number of furan rings is 1. The van der Waals surface area contributed by atoms with Crippen LogP contribution in [-0.2, 0) is 11.3 Å². The normalized spacial score (nSPS) is 10.4. The minimum Gasteiger partial charge on any atom is -0.463 e. The van der Waals surface area contributed by atoms with Crippen LogP contribution in [0, 0.1) is 0 Å². The fourth-order valence-corrected chi connectivity index (χ4v) is 1.60. The molecule has 7 nitrogen and oxygen atoms in total. The summed E-state index contributed by atoms with van der Waals surface area (Å²) >= 11 is 0. The van der Waals surface area contributed by atoms with Crippen LogP contribution in [0.15, 0.2) is 28.9 Å². The molecule has 2 N–H and O–H groups in total. The first-order chi connectivity index (χ1) is 9.24. The first-order valence-corrected chi connectivity index (χ1v) is 5.91. The summed E-state index contributed by atoms with van der Waals surface area (Å²) in [4.78, 5) is 11.4. The molecule has 0 unspecified atom stereocenters. The van der Waals surface area contributed by atoms with E-state index in [1.807, 2.05) is 0 Å². The lowest BCUT2D eigenvalue weighted by atomic mass is 10.3. The molecule has 0 spiro atoms. The van der Waals surface area contributed by atoms with Gasteiger partial charge in [0, 0.05) is 6.07 Å². The van der Waals surface area contributed by atoms with E-state index in [4.69, 9.17) is 14.3 Å². The molecular formula is C12H15N3O4. The van der Waals surface area contributed by atoms with Gasteiger partial charge in [0.05, 0.1) is 26.0 Å². The third-order valence-electron chi connectivity index (χ3n) is 2.37. The predicted octanol–water partition coefficient (Wildman–Crippen LogP) is 1.70. The Morgan fingerprint density at radius 3 is 3.11 bits per heavy atom. The maximum Gasteiger partial charge on any atom is 0.412 e. The van der Waals surface area contributed by atoms with Crippen molar-refractivity contribution in [1.82, 2.24) is 9.78 Å². The van der Waals surface area contributed by atoms with Crippen molar-refractivity contribution in [2.45, 2.75) is 13.5 Å². The number of aliphatic hydroxyl groups excluding tert-OH is 1. The Morgan fingerprint density at radius 1 is 1.63 bits per heavy atom. The second-order valence-corrected chi connectivity index (χ2v) is 3.68. The number of anilines is 1. The molecule has 7 heteroatoms. The summed E-state index contributed by atoms with van der Waals surface area (Å²) in [5, 5.41) is 15.8. The Bertz CT molecular complexity index is 533. The average Bonchev–Trinajstić information content (AvgIpc) is 3.00. The summed E-state index contributed by atoms with van der Waals surface area (Å²) in [7, 11) is 0. The Balaban J connectivity index is 2.23. The average molecular weight is 265 g/mol. The molecule has 19 heavy (non-hydrogen) atoms. The van der Waals surface area contributed by atoms with Crippen LogP contribution in [0.2, 0.25) is 0 Å². The van der Waals surface area contributed by atoms with Gasteiger partial charge in [-0.25, -0.2) is 9.48 Å². The Morgan fingerprint density at radius 2 is 2.47 bits per heavy atom. The summed E-state index contributed by atoms with van der Waals surface area (Å²) < 4.78 is 11.5. The third-order valence-corrected chi connectivity index (χ3v) is 2.37. The summed E-state index contributed by atoms with van der Waals surface area (Å²) in [6.45, 7) is 2.18. The highest BCUT2D eigenvalue weighted by Gasteiger charge is 2.13. The van der Waals surface area contributed by atoms with Crippen LogP contribution in [-0.4, -0.2) is 34.2 Å². The van der Waals surface area contributed by atoms with Crippen LogP contribution in [0.3, 0.4) is 0 Å². The number of carbonyl (C=O) groups excluding carboxylic acids is 1. The lowest BCUT2D eigenvalue weighted by molar-refractivity contribution is 0.167. The zero-order chi connectivity index (χ0) is 13.7. The molecule has 1 amide bonds. The standard InChI is InChI=1S/C12H15N3O4/c1-2-18-12(17)13-11-8-9(10-4-3-7-19-10)14-15(11)5-6-16/h3-4,7-8,16H,2,5-6H2,1H3,(H,13,17). The van der Waals surface area contributed by atoms with Gasteiger partial charge in [-0.15, -0.1) is 0 Å². The molecule has 2 aromatic heterocycles. The van der Waals surface area contributed by atoms with Gasteiger partial charge in [0.25, 0.3) is 0 Å². The molecule has 0 atom stereocenters. The second kappa shape index (κ2) is 6.05. The summed E-state index contributed by atoms with van der Waals surface area (Å²) in [5.41, 5.74) is 0.574. The van der Waals surface area contributed by atoms with Crippen molar-refractivity contribution in [2.24, 2.45) is 0 Å². The van der Waals surface area contributed by atoms with E-state index in [9.17, 15) is 4.79 Å². The molecular weight excluding hydrogens is 250 g/mol. The fourth-order valence-electron chi connectivity index (χ4n) is 1.60. The molecule has 0 aromatic carbocycles. The maximum atomic E-state index is 11.4. The summed E-state index contributed by atoms with van der Waals surface area (Å²) in [6.07, 6.45) is 0.978. The van der Waals surface area contributed by atoms with Crippen LogP contribution in [0.1, 0.15) is 6.92 Å². The van der Waals surface area contributed by atoms with E-state index in [0.717, 1.165) is 0 Å². The highest BCUT2D eigenvalue weighted by atomic mass is 16.5. The van der Waals surface area contributed by atoms with Crippen LogP contribution in [0.4, 0.5) is 10.6 Å². The zero-order valence-corrected chi connectivity index (χ0v) is 10.5. The van der Waals surface area contributed by atoms with Gasteiger partial charge in [-0.3, -0.25) is 5.32 Å². The smallest absolute Gasteiger partial charge is 0.412 e. The second-order valence-electron chi connectivity index (χ2n) is 3.68. The number of aliphatic hydroxyl groups is 1. The summed E-state index contributed by atoms with van der Waals surface area (Å²) in [6, 6.07) is 5.17. The van der Waals surface area contributed by atoms with Gasteiger partial charge in [-0.05, 0) is 19.1 Å². The maximum absolute atomic E-state index is 11.4. The molecule has 0 radical (unpaired) electrons. The number of aromatic nitrogens is 2. The van der Waals surface area contributed by atoms with Crippen LogP contribution in [0.5, 0.6) is 0 Å². The van der Waals surface area contributed by atoms with E-state index in [0.29, 0.717) is 17.3 Å². The molecule has 0 aliphatic rings. The zero-order valence-electron chi connectivity index (χ0n) is 10.5. The number of carbonyl (C=O) groups is 1. The fraction of sp³-hybridized carbons (Fsp3) is 0.333. The van der Waals surface area contributed by atoms with E-state index in [2.05, 4.69) is 10.4 Å². The van der Waals surface area contributed by atoms with Crippen molar-refractivity contribution in [3.05, 3.63) is 24.5 Å². The number of nitrogens with one attached hydrogen (secondary N) is 1. The van der Waals surface area contributed by atoms with Crippen molar-refractivity contribution in [1.29, 1.82) is 0 Å². The molecule has 0 saturated carbocycles. The topological polar surface area (TPSA) is 89.5 Å². The predicted molar refractivity (Wildman–Crippen MR) is 67.7 cm³/mol. The lowest BCUT2D eigenvalue weighted by Gasteiger charge is -2.06. The van der Waals surface area contributed by atoms with Gasteiger partial charge < -0.3 is 14.3 Å². The largest absolute Gasteiger partial charge is 0.463 e. The minimum absolute atomic E-state index is 0.0865. The van der Waals surface area contributed by atoms with Crippen molar-refractivity contribution < 1.29 is 19.1 Å². The summed E-state index contributed by atoms with van der Waals surface area (Å²) in [5.74, 6) is 1.03. The molecule has 0 aliphatic heterocycles. The van der Waals surface area contributed by atoms with Gasteiger partial charge >= 0.3 is 6.09 Å². The monoisotopic (exact) mass is 265 g/mol. The van der Waals surface area contributed by atoms with Gasteiger partial charge in [0.15, 0.2) is 5.76 Å². The van der Waals surface area contributed by atoms with Crippen molar-refractivity contribution in [2.75, 3.05) is 18.5 Å². The molecule has 2 rings (SSSR count).